The molecule has 7 bridgehead atoms. The highest BCUT2D eigenvalue weighted by Crippen LogP contribution is 2.79. The molecule has 164 valence electrons. The molecule has 0 amide bonds. The van der Waals surface area contributed by atoms with E-state index in [1.54, 1.807) is 7.11 Å². The number of hydrogen-bond donors (Lipinski definition) is 3. The van der Waals surface area contributed by atoms with Gasteiger partial charge in [-0.1, -0.05) is 6.92 Å². The van der Waals surface area contributed by atoms with Crippen LogP contribution in [0.5, 0.6) is 0 Å². The minimum absolute atomic E-state index is 0.0749. The second kappa shape index (κ2) is 5.96. The van der Waals surface area contributed by atoms with Crippen LogP contribution in [0.2, 0.25) is 0 Å². The molecule has 6 heteroatoms. The summed E-state index contributed by atoms with van der Waals surface area (Å²) in [6.07, 6.45) is 4.02. The number of piperidine rings is 1. The highest BCUT2D eigenvalue weighted by molar-refractivity contribution is 5.33. The number of aliphatic hydroxyl groups excluding tert-OH is 2. The van der Waals surface area contributed by atoms with Gasteiger partial charge in [-0.05, 0) is 44.1 Å². The van der Waals surface area contributed by atoms with Crippen LogP contribution in [0, 0.1) is 40.4 Å². The van der Waals surface area contributed by atoms with Gasteiger partial charge in [0.2, 0.25) is 0 Å². The zero-order valence-electron chi connectivity index (χ0n) is 18.0. The number of aliphatic hydroxyl groups is 3. The molecular formula is C23H37NO5. The van der Waals surface area contributed by atoms with E-state index in [9.17, 15) is 15.3 Å². The summed E-state index contributed by atoms with van der Waals surface area (Å²) in [6.45, 7) is 4.29. The molecule has 6 nitrogen and oxygen atoms in total. The van der Waals surface area contributed by atoms with Crippen LogP contribution in [0.1, 0.15) is 39.0 Å². The Morgan fingerprint density at radius 3 is 2.59 bits per heavy atom. The minimum Gasteiger partial charge on any atom is -0.396 e. The summed E-state index contributed by atoms with van der Waals surface area (Å²) >= 11 is 0. The molecule has 1 unspecified atom stereocenters. The lowest BCUT2D eigenvalue weighted by Crippen LogP contribution is -2.76. The summed E-state index contributed by atoms with van der Waals surface area (Å²) in [5, 5.41) is 34.3. The molecule has 0 aromatic carbocycles. The Balaban J connectivity index is 1.60. The Morgan fingerprint density at radius 2 is 1.93 bits per heavy atom. The van der Waals surface area contributed by atoms with E-state index in [4.69, 9.17) is 9.47 Å². The van der Waals surface area contributed by atoms with Crippen LogP contribution in [0.4, 0.5) is 0 Å². The molecular weight excluding hydrogens is 370 g/mol. The smallest absolute Gasteiger partial charge is 0.0771 e. The van der Waals surface area contributed by atoms with Crippen molar-refractivity contribution >= 4 is 0 Å². The van der Waals surface area contributed by atoms with Crippen molar-refractivity contribution in [3.63, 3.8) is 0 Å². The molecule has 1 aliphatic heterocycles. The van der Waals surface area contributed by atoms with Gasteiger partial charge in [-0.25, -0.2) is 0 Å². The maximum absolute atomic E-state index is 12.3. The predicted octanol–water partition coefficient (Wildman–Crippen LogP) is 0.877. The summed E-state index contributed by atoms with van der Waals surface area (Å²) in [7, 11) is 3.58. The van der Waals surface area contributed by atoms with Gasteiger partial charge in [0.25, 0.3) is 0 Å². The third kappa shape index (κ3) is 1.89. The summed E-state index contributed by atoms with van der Waals surface area (Å²) in [5.74, 6) is 0.719. The summed E-state index contributed by atoms with van der Waals surface area (Å²) in [6, 6.07) is 0.273. The maximum atomic E-state index is 12.3. The van der Waals surface area contributed by atoms with E-state index in [0.717, 1.165) is 38.8 Å². The number of fused-ring (bicyclic) bond motifs is 2. The topological polar surface area (TPSA) is 82.4 Å². The Bertz CT molecular complexity index is 705. The van der Waals surface area contributed by atoms with Gasteiger partial charge in [0.05, 0.1) is 30.5 Å². The fourth-order valence-corrected chi connectivity index (χ4v) is 10.4. The number of ether oxygens (including phenoxy) is 2. The van der Waals surface area contributed by atoms with E-state index in [1.807, 2.05) is 7.11 Å². The van der Waals surface area contributed by atoms with Crippen molar-refractivity contribution in [3.8, 4) is 0 Å². The van der Waals surface area contributed by atoms with Gasteiger partial charge in [0.1, 0.15) is 0 Å². The zero-order chi connectivity index (χ0) is 20.3. The van der Waals surface area contributed by atoms with Crippen molar-refractivity contribution in [1.82, 2.24) is 4.90 Å². The van der Waals surface area contributed by atoms with E-state index in [2.05, 4.69) is 11.8 Å². The first-order valence-electron chi connectivity index (χ1n) is 11.7. The van der Waals surface area contributed by atoms with E-state index in [0.29, 0.717) is 12.3 Å². The van der Waals surface area contributed by atoms with Gasteiger partial charge in [0.15, 0.2) is 0 Å². The minimum atomic E-state index is -0.887. The Morgan fingerprint density at radius 1 is 1.14 bits per heavy atom. The molecule has 12 atom stereocenters. The highest BCUT2D eigenvalue weighted by atomic mass is 16.5. The molecule has 5 aliphatic carbocycles. The Labute approximate surface area is 173 Å². The van der Waals surface area contributed by atoms with Crippen LogP contribution in [0.3, 0.4) is 0 Å². The van der Waals surface area contributed by atoms with Crippen molar-refractivity contribution in [2.75, 3.05) is 33.9 Å². The lowest BCUT2D eigenvalue weighted by molar-refractivity contribution is -0.275. The van der Waals surface area contributed by atoms with Crippen LogP contribution in [-0.2, 0) is 9.47 Å². The molecule has 3 N–H and O–H groups in total. The fourth-order valence-electron chi connectivity index (χ4n) is 10.4. The molecule has 6 fully saturated rings. The quantitative estimate of drug-likeness (QED) is 0.642. The number of likely N-dealkylation sites (tertiary alicyclic amines) is 1. The second-order valence-electron chi connectivity index (χ2n) is 11.2. The summed E-state index contributed by atoms with van der Waals surface area (Å²) in [4.78, 5) is 2.57. The zero-order valence-corrected chi connectivity index (χ0v) is 18.0. The van der Waals surface area contributed by atoms with Crippen molar-refractivity contribution in [2.45, 2.75) is 69.0 Å². The summed E-state index contributed by atoms with van der Waals surface area (Å²) in [5.41, 5.74) is -1.07. The Kier molecular flexibility index (Phi) is 4.00. The Hall–Kier alpha value is -0.240. The molecule has 1 heterocycles. The van der Waals surface area contributed by atoms with Crippen molar-refractivity contribution in [2.24, 2.45) is 40.4 Å². The normalized spacial score (nSPS) is 62.5. The largest absolute Gasteiger partial charge is 0.396 e. The maximum Gasteiger partial charge on any atom is 0.0771 e. The summed E-state index contributed by atoms with van der Waals surface area (Å²) < 4.78 is 12.1. The average molecular weight is 408 g/mol. The monoisotopic (exact) mass is 407 g/mol. The van der Waals surface area contributed by atoms with E-state index in [-0.39, 0.29) is 59.4 Å². The molecule has 0 aromatic heterocycles. The molecule has 1 spiro atoms. The van der Waals surface area contributed by atoms with Gasteiger partial charge >= 0.3 is 0 Å². The van der Waals surface area contributed by atoms with Crippen LogP contribution in [0.15, 0.2) is 0 Å². The van der Waals surface area contributed by atoms with Gasteiger partial charge in [0, 0.05) is 61.8 Å². The van der Waals surface area contributed by atoms with Crippen molar-refractivity contribution in [3.05, 3.63) is 0 Å². The van der Waals surface area contributed by atoms with E-state index >= 15 is 0 Å². The predicted molar refractivity (Wildman–Crippen MR) is 106 cm³/mol. The van der Waals surface area contributed by atoms with E-state index < -0.39 is 11.7 Å². The van der Waals surface area contributed by atoms with Crippen LogP contribution >= 0.6 is 0 Å². The van der Waals surface area contributed by atoms with E-state index in [1.165, 1.54) is 0 Å². The van der Waals surface area contributed by atoms with Crippen molar-refractivity contribution < 1.29 is 24.8 Å². The number of hydrogen-bond acceptors (Lipinski definition) is 6. The molecule has 0 radical (unpaired) electrons. The van der Waals surface area contributed by atoms with Crippen LogP contribution < -0.4 is 0 Å². The fraction of sp³-hybridized carbons (Fsp3) is 1.00. The molecule has 6 rings (SSSR count). The first kappa shape index (κ1) is 19.4. The molecule has 1 saturated heterocycles. The second-order valence-corrected chi connectivity index (χ2v) is 11.2. The first-order chi connectivity index (χ1) is 13.9. The lowest BCUT2D eigenvalue weighted by Gasteiger charge is -2.69. The SMILES string of the molecule is CCN1C[C@]2(CO)CC[C@H](OC)[C@]34C1[C@H](C[C@H]23)[C@@]1(O)C[C@H](OC)[C@H]2C[C@@H]4[C@@H]1[C@H]2O. The van der Waals surface area contributed by atoms with Crippen molar-refractivity contribution in [1.29, 1.82) is 0 Å². The molecule has 6 aliphatic rings. The molecule has 29 heavy (non-hydrogen) atoms. The first-order valence-corrected chi connectivity index (χ1v) is 11.7. The average Bonchev–Trinajstić information content (AvgIpc) is 3.14. The highest BCUT2D eigenvalue weighted by Gasteiger charge is 2.83. The molecule has 5 saturated carbocycles. The third-order valence-electron chi connectivity index (χ3n) is 11.0. The van der Waals surface area contributed by atoms with Crippen LogP contribution in [-0.4, -0.2) is 84.1 Å². The number of nitrogens with zero attached hydrogens (tertiary/aromatic N) is 1. The molecule has 0 aromatic rings. The van der Waals surface area contributed by atoms with Crippen LogP contribution in [0.25, 0.3) is 0 Å². The lowest BCUT2D eigenvalue weighted by atomic mass is 9.43. The number of methoxy groups -OCH3 is 2. The van der Waals surface area contributed by atoms with Gasteiger partial charge in [-0.15, -0.1) is 0 Å². The van der Waals surface area contributed by atoms with Gasteiger partial charge in [-0.3, -0.25) is 4.90 Å². The van der Waals surface area contributed by atoms with Gasteiger partial charge < -0.3 is 24.8 Å². The van der Waals surface area contributed by atoms with Gasteiger partial charge in [-0.2, -0.15) is 0 Å². The number of rotatable bonds is 4. The standard InChI is InChI=1S/C23H37NO5/c1-4-24-10-21(11-25)6-5-17(29-3)23-13-7-12-15(28-2)9-22(27,18(13)19(12)26)14(20(23)24)8-16(21)23/h12-20,25-27H,4-11H2,1-3H3/t12-,13-,14+,15+,16-,17+,18-,19+,20?,21+,22+,23-/m1/s1. The third-order valence-corrected chi connectivity index (χ3v) is 11.0.